The zero-order chi connectivity index (χ0) is 9.64. The molecule has 2 aliphatic rings. The summed E-state index contributed by atoms with van der Waals surface area (Å²) in [6.07, 6.45) is 6.24. The number of aliphatic imine (C=N–C) groups is 1. The lowest BCUT2D eigenvalue weighted by atomic mass is 10.3. The quantitative estimate of drug-likeness (QED) is 0.654. The average molecular weight is 196 g/mol. The number of ether oxygens (including phenoxy) is 1. The number of nitrogens with zero attached hydrogens (tertiary/aromatic N) is 1. The van der Waals surface area contributed by atoms with Gasteiger partial charge >= 0.3 is 0 Å². The molecule has 0 bridgehead atoms. The molecule has 0 atom stereocenters. The standard InChI is InChI=1S/C11H20N2O/c1-3-11(12-6-1)13-7-2-8-14-9-10-4-5-10/h10H,1-9H2,(H,12,13). The van der Waals surface area contributed by atoms with E-state index >= 15 is 0 Å². The minimum Gasteiger partial charge on any atom is -0.381 e. The predicted octanol–water partition coefficient (Wildman–Crippen LogP) is 1.58. The highest BCUT2D eigenvalue weighted by Gasteiger charge is 2.20. The summed E-state index contributed by atoms with van der Waals surface area (Å²) in [4.78, 5) is 4.36. The van der Waals surface area contributed by atoms with Crippen molar-refractivity contribution in [3.63, 3.8) is 0 Å². The summed E-state index contributed by atoms with van der Waals surface area (Å²) in [6, 6.07) is 0. The van der Waals surface area contributed by atoms with E-state index in [0.717, 1.165) is 45.1 Å². The van der Waals surface area contributed by atoms with Crippen LogP contribution in [0.25, 0.3) is 0 Å². The second-order valence-electron chi connectivity index (χ2n) is 4.23. The zero-order valence-corrected chi connectivity index (χ0v) is 8.80. The van der Waals surface area contributed by atoms with Gasteiger partial charge in [0.2, 0.25) is 0 Å². The van der Waals surface area contributed by atoms with Gasteiger partial charge < -0.3 is 10.1 Å². The Morgan fingerprint density at radius 1 is 1.43 bits per heavy atom. The lowest BCUT2D eigenvalue weighted by Gasteiger charge is -2.05. The Kier molecular flexibility index (Phi) is 3.80. The maximum atomic E-state index is 5.54. The summed E-state index contributed by atoms with van der Waals surface area (Å²) >= 11 is 0. The highest BCUT2D eigenvalue weighted by molar-refractivity contribution is 5.83. The Morgan fingerprint density at radius 2 is 2.36 bits per heavy atom. The van der Waals surface area contributed by atoms with Gasteiger partial charge in [-0.1, -0.05) is 0 Å². The van der Waals surface area contributed by atoms with Crippen molar-refractivity contribution >= 4 is 5.84 Å². The number of rotatable bonds is 6. The third kappa shape index (κ3) is 3.66. The summed E-state index contributed by atoms with van der Waals surface area (Å²) in [5.41, 5.74) is 0. The summed E-state index contributed by atoms with van der Waals surface area (Å²) < 4.78 is 5.54. The van der Waals surface area contributed by atoms with E-state index in [-0.39, 0.29) is 0 Å². The van der Waals surface area contributed by atoms with Gasteiger partial charge in [0.15, 0.2) is 0 Å². The van der Waals surface area contributed by atoms with Gasteiger partial charge in [-0.2, -0.15) is 0 Å². The van der Waals surface area contributed by atoms with Gasteiger partial charge in [-0.05, 0) is 31.6 Å². The Hall–Kier alpha value is -0.570. The largest absolute Gasteiger partial charge is 0.381 e. The zero-order valence-electron chi connectivity index (χ0n) is 8.80. The molecule has 1 N–H and O–H groups in total. The highest BCUT2D eigenvalue weighted by Crippen LogP contribution is 2.28. The third-order valence-electron chi connectivity index (χ3n) is 2.72. The summed E-state index contributed by atoms with van der Waals surface area (Å²) in [7, 11) is 0. The molecule has 1 aliphatic carbocycles. The number of nitrogens with one attached hydrogen (secondary N) is 1. The topological polar surface area (TPSA) is 33.6 Å². The molecule has 1 saturated carbocycles. The molecule has 14 heavy (non-hydrogen) atoms. The first-order valence-corrected chi connectivity index (χ1v) is 5.80. The molecule has 3 heteroatoms. The number of hydrogen-bond donors (Lipinski definition) is 1. The monoisotopic (exact) mass is 196 g/mol. The van der Waals surface area contributed by atoms with E-state index in [1.807, 2.05) is 0 Å². The fourth-order valence-electron chi connectivity index (χ4n) is 1.63. The number of amidine groups is 1. The van der Waals surface area contributed by atoms with Crippen molar-refractivity contribution in [2.75, 3.05) is 26.3 Å². The average Bonchev–Trinajstić information content (AvgIpc) is 2.87. The van der Waals surface area contributed by atoms with Gasteiger partial charge in [0.05, 0.1) is 5.84 Å². The van der Waals surface area contributed by atoms with E-state index in [4.69, 9.17) is 4.74 Å². The molecule has 0 saturated heterocycles. The first-order valence-electron chi connectivity index (χ1n) is 5.80. The normalized spacial score (nSPS) is 21.0. The van der Waals surface area contributed by atoms with Crippen molar-refractivity contribution in [1.29, 1.82) is 0 Å². The van der Waals surface area contributed by atoms with Gasteiger partial charge in [0.25, 0.3) is 0 Å². The van der Waals surface area contributed by atoms with Crippen LogP contribution in [0.1, 0.15) is 32.1 Å². The Morgan fingerprint density at radius 3 is 3.07 bits per heavy atom. The maximum Gasteiger partial charge on any atom is 0.0963 e. The van der Waals surface area contributed by atoms with Crippen LogP contribution in [-0.4, -0.2) is 32.1 Å². The molecule has 1 aliphatic heterocycles. The van der Waals surface area contributed by atoms with E-state index in [0.29, 0.717) is 0 Å². The second kappa shape index (κ2) is 5.35. The van der Waals surface area contributed by atoms with Crippen LogP contribution in [0, 0.1) is 5.92 Å². The SMILES string of the molecule is C(CNC1=NCCC1)COCC1CC1. The van der Waals surface area contributed by atoms with Crippen LogP contribution in [0.3, 0.4) is 0 Å². The van der Waals surface area contributed by atoms with Crippen LogP contribution in [0.2, 0.25) is 0 Å². The Bertz CT molecular complexity index is 199. The van der Waals surface area contributed by atoms with E-state index in [1.165, 1.54) is 25.1 Å². The van der Waals surface area contributed by atoms with E-state index in [2.05, 4.69) is 10.3 Å². The predicted molar refractivity (Wildman–Crippen MR) is 57.7 cm³/mol. The summed E-state index contributed by atoms with van der Waals surface area (Å²) in [5, 5.41) is 3.36. The van der Waals surface area contributed by atoms with Crippen LogP contribution in [-0.2, 0) is 4.74 Å². The first-order chi connectivity index (χ1) is 6.95. The minimum absolute atomic E-state index is 0.891. The smallest absolute Gasteiger partial charge is 0.0963 e. The van der Waals surface area contributed by atoms with Crippen LogP contribution < -0.4 is 5.32 Å². The van der Waals surface area contributed by atoms with Crippen LogP contribution >= 0.6 is 0 Å². The fourth-order valence-corrected chi connectivity index (χ4v) is 1.63. The first kappa shape index (κ1) is 9.97. The fraction of sp³-hybridized carbons (Fsp3) is 0.909. The van der Waals surface area contributed by atoms with Crippen molar-refractivity contribution < 1.29 is 4.74 Å². The molecule has 0 spiro atoms. The van der Waals surface area contributed by atoms with E-state index < -0.39 is 0 Å². The van der Waals surface area contributed by atoms with Crippen molar-refractivity contribution in [3.05, 3.63) is 0 Å². The van der Waals surface area contributed by atoms with Crippen molar-refractivity contribution in [1.82, 2.24) is 5.32 Å². The van der Waals surface area contributed by atoms with Gasteiger partial charge in [-0.3, -0.25) is 4.99 Å². The molecule has 80 valence electrons. The number of hydrogen-bond acceptors (Lipinski definition) is 3. The molecule has 3 nitrogen and oxygen atoms in total. The molecule has 0 aromatic carbocycles. The minimum atomic E-state index is 0.891. The Balaban J connectivity index is 1.38. The van der Waals surface area contributed by atoms with E-state index in [1.54, 1.807) is 0 Å². The van der Waals surface area contributed by atoms with Gasteiger partial charge in [0.1, 0.15) is 0 Å². The molecule has 0 unspecified atom stereocenters. The summed E-state index contributed by atoms with van der Waals surface area (Å²) in [6.45, 7) is 3.92. The molecule has 0 amide bonds. The Labute approximate surface area is 85.9 Å². The van der Waals surface area contributed by atoms with Gasteiger partial charge in [-0.15, -0.1) is 0 Å². The van der Waals surface area contributed by atoms with Crippen LogP contribution in [0.4, 0.5) is 0 Å². The third-order valence-corrected chi connectivity index (χ3v) is 2.72. The molecule has 0 aromatic heterocycles. The highest BCUT2D eigenvalue weighted by atomic mass is 16.5. The van der Waals surface area contributed by atoms with Crippen molar-refractivity contribution in [2.24, 2.45) is 10.9 Å². The van der Waals surface area contributed by atoms with Crippen molar-refractivity contribution in [3.8, 4) is 0 Å². The van der Waals surface area contributed by atoms with Crippen LogP contribution in [0.5, 0.6) is 0 Å². The van der Waals surface area contributed by atoms with Gasteiger partial charge in [0, 0.05) is 32.7 Å². The maximum absolute atomic E-state index is 5.54. The lowest BCUT2D eigenvalue weighted by Crippen LogP contribution is -2.23. The molecule has 1 heterocycles. The second-order valence-corrected chi connectivity index (χ2v) is 4.23. The van der Waals surface area contributed by atoms with Crippen LogP contribution in [0.15, 0.2) is 4.99 Å². The van der Waals surface area contributed by atoms with E-state index in [9.17, 15) is 0 Å². The summed E-state index contributed by atoms with van der Waals surface area (Å²) in [5.74, 6) is 2.09. The molecular weight excluding hydrogens is 176 g/mol. The molecule has 2 rings (SSSR count). The molecular formula is C11H20N2O. The molecule has 0 radical (unpaired) electrons. The van der Waals surface area contributed by atoms with Crippen molar-refractivity contribution in [2.45, 2.75) is 32.1 Å². The lowest BCUT2D eigenvalue weighted by molar-refractivity contribution is 0.123. The molecule has 1 fully saturated rings. The van der Waals surface area contributed by atoms with Gasteiger partial charge in [-0.25, -0.2) is 0 Å². The molecule has 0 aromatic rings.